The van der Waals surface area contributed by atoms with Crippen LogP contribution in [-0.4, -0.2) is 4.57 Å². The van der Waals surface area contributed by atoms with Gasteiger partial charge in [-0.15, -0.1) is 0 Å². The Balaban J connectivity index is 1.33. The van der Waals surface area contributed by atoms with Crippen molar-refractivity contribution in [3.05, 3.63) is 138 Å². The highest BCUT2D eigenvalue weighted by Crippen LogP contribution is 2.51. The molecule has 0 spiro atoms. The lowest BCUT2D eigenvalue weighted by Crippen LogP contribution is -2.14. The van der Waals surface area contributed by atoms with Crippen molar-refractivity contribution < 1.29 is 4.42 Å². The average molecular weight is 551 g/mol. The van der Waals surface area contributed by atoms with E-state index in [0.717, 1.165) is 49.8 Å². The van der Waals surface area contributed by atoms with Gasteiger partial charge in [0.2, 0.25) is 0 Å². The Morgan fingerprint density at radius 2 is 1.30 bits per heavy atom. The number of hydrogen-bond acceptors (Lipinski definition) is 2. The number of aromatic nitrogens is 1. The van der Waals surface area contributed by atoms with Gasteiger partial charge in [-0.2, -0.15) is 5.26 Å². The minimum atomic E-state index is -0.0901. The molecule has 1 aliphatic carbocycles. The third kappa shape index (κ3) is 3.18. The van der Waals surface area contributed by atoms with Gasteiger partial charge in [-0.25, -0.2) is 0 Å². The highest BCUT2D eigenvalue weighted by Gasteiger charge is 2.36. The third-order valence-electron chi connectivity index (χ3n) is 9.45. The van der Waals surface area contributed by atoms with Crippen molar-refractivity contribution in [1.82, 2.24) is 4.57 Å². The monoisotopic (exact) mass is 550 g/mol. The minimum absolute atomic E-state index is 0.0901. The van der Waals surface area contributed by atoms with Crippen LogP contribution in [0.1, 0.15) is 30.5 Å². The number of rotatable bonds is 2. The van der Waals surface area contributed by atoms with Crippen molar-refractivity contribution in [2.24, 2.45) is 0 Å². The number of benzene rings is 6. The van der Waals surface area contributed by atoms with Gasteiger partial charge in [0, 0.05) is 32.5 Å². The van der Waals surface area contributed by atoms with Gasteiger partial charge < -0.3 is 8.98 Å². The van der Waals surface area contributed by atoms with E-state index in [2.05, 4.69) is 134 Å². The highest BCUT2D eigenvalue weighted by molar-refractivity contribution is 6.11. The van der Waals surface area contributed by atoms with Gasteiger partial charge in [0.15, 0.2) is 0 Å². The Labute approximate surface area is 248 Å². The zero-order valence-corrected chi connectivity index (χ0v) is 23.8. The number of hydrogen-bond donors (Lipinski definition) is 0. The summed E-state index contributed by atoms with van der Waals surface area (Å²) in [7, 11) is 0. The SMILES string of the molecule is CC1(C)c2ccccc2-c2cc3c(cc21)oc1ccc(-c2c(C#N)cccc2-n2c4ccccc4c4ccccc42)cc13. The van der Waals surface area contributed by atoms with E-state index in [1.54, 1.807) is 0 Å². The summed E-state index contributed by atoms with van der Waals surface area (Å²) < 4.78 is 8.76. The molecule has 0 atom stereocenters. The molecule has 3 heteroatoms. The van der Waals surface area contributed by atoms with E-state index in [1.807, 2.05) is 12.1 Å². The Morgan fingerprint density at radius 1 is 0.605 bits per heavy atom. The molecule has 43 heavy (non-hydrogen) atoms. The lowest BCUT2D eigenvalue weighted by atomic mass is 9.82. The van der Waals surface area contributed by atoms with Crippen LogP contribution in [0.3, 0.4) is 0 Å². The van der Waals surface area contributed by atoms with Crippen molar-refractivity contribution in [2.75, 3.05) is 0 Å². The van der Waals surface area contributed by atoms with Gasteiger partial charge in [0.1, 0.15) is 11.2 Å². The summed E-state index contributed by atoms with van der Waals surface area (Å²) in [5.74, 6) is 0. The van der Waals surface area contributed by atoms with Crippen LogP contribution in [0.15, 0.2) is 126 Å². The number of nitriles is 1. The minimum Gasteiger partial charge on any atom is -0.456 e. The number of para-hydroxylation sites is 2. The van der Waals surface area contributed by atoms with E-state index in [-0.39, 0.29) is 5.41 Å². The first-order valence-corrected chi connectivity index (χ1v) is 14.7. The molecular formula is C40H26N2O. The van der Waals surface area contributed by atoms with Crippen LogP contribution in [0.4, 0.5) is 0 Å². The van der Waals surface area contributed by atoms with Crippen molar-refractivity contribution >= 4 is 43.7 Å². The summed E-state index contributed by atoms with van der Waals surface area (Å²) in [5, 5.41) is 14.9. The Morgan fingerprint density at radius 3 is 2.07 bits per heavy atom. The smallest absolute Gasteiger partial charge is 0.135 e. The molecule has 2 heterocycles. The molecule has 0 radical (unpaired) electrons. The summed E-state index contributed by atoms with van der Waals surface area (Å²) in [6.45, 7) is 4.58. The molecule has 0 bridgehead atoms. The fourth-order valence-electron chi connectivity index (χ4n) is 7.43. The highest BCUT2D eigenvalue weighted by atomic mass is 16.3. The lowest BCUT2D eigenvalue weighted by Gasteiger charge is -2.21. The van der Waals surface area contributed by atoms with Gasteiger partial charge in [0.25, 0.3) is 0 Å². The zero-order valence-electron chi connectivity index (χ0n) is 23.8. The average Bonchev–Trinajstić information content (AvgIpc) is 3.65. The molecule has 202 valence electrons. The quantitative estimate of drug-likeness (QED) is 0.215. The van der Waals surface area contributed by atoms with Gasteiger partial charge in [-0.1, -0.05) is 86.6 Å². The molecular weight excluding hydrogens is 524 g/mol. The molecule has 9 rings (SSSR count). The van der Waals surface area contributed by atoms with Crippen LogP contribution in [0, 0.1) is 11.3 Å². The molecule has 6 aromatic carbocycles. The molecule has 0 N–H and O–H groups in total. The summed E-state index contributed by atoms with van der Waals surface area (Å²) in [4.78, 5) is 0. The maximum absolute atomic E-state index is 10.3. The second kappa shape index (κ2) is 8.47. The van der Waals surface area contributed by atoms with Crippen LogP contribution >= 0.6 is 0 Å². The predicted molar refractivity (Wildman–Crippen MR) is 176 cm³/mol. The summed E-state index contributed by atoms with van der Waals surface area (Å²) >= 11 is 0. The fraction of sp³-hybridized carbons (Fsp3) is 0.0750. The lowest BCUT2D eigenvalue weighted by molar-refractivity contribution is 0.647. The summed E-state index contributed by atoms with van der Waals surface area (Å²) in [6, 6.07) is 45.1. The number of nitrogens with zero attached hydrogens (tertiary/aromatic N) is 2. The fourth-order valence-corrected chi connectivity index (χ4v) is 7.43. The molecule has 0 saturated carbocycles. The van der Waals surface area contributed by atoms with E-state index in [0.29, 0.717) is 5.56 Å². The van der Waals surface area contributed by atoms with Crippen LogP contribution < -0.4 is 0 Å². The molecule has 2 aromatic heterocycles. The predicted octanol–water partition coefficient (Wildman–Crippen LogP) is 10.5. The molecule has 1 aliphatic rings. The summed E-state index contributed by atoms with van der Waals surface area (Å²) in [5.41, 5.74) is 12.6. The topological polar surface area (TPSA) is 41.9 Å². The van der Waals surface area contributed by atoms with E-state index in [9.17, 15) is 5.26 Å². The molecule has 0 aliphatic heterocycles. The molecule has 0 unspecified atom stereocenters. The van der Waals surface area contributed by atoms with Crippen LogP contribution in [0.5, 0.6) is 0 Å². The van der Waals surface area contributed by atoms with Crippen molar-refractivity contribution in [3.8, 4) is 34.0 Å². The third-order valence-corrected chi connectivity index (χ3v) is 9.45. The molecule has 3 nitrogen and oxygen atoms in total. The van der Waals surface area contributed by atoms with Gasteiger partial charge >= 0.3 is 0 Å². The Kier molecular flexibility index (Phi) is 4.74. The van der Waals surface area contributed by atoms with E-state index < -0.39 is 0 Å². The molecule has 8 aromatic rings. The Hall–Kier alpha value is -5.59. The molecule has 0 fully saturated rings. The van der Waals surface area contributed by atoms with Crippen molar-refractivity contribution in [3.63, 3.8) is 0 Å². The number of fused-ring (bicyclic) bond motifs is 9. The first kappa shape index (κ1) is 24.1. The van der Waals surface area contributed by atoms with Crippen LogP contribution in [0.2, 0.25) is 0 Å². The second-order valence-corrected chi connectivity index (χ2v) is 12.1. The maximum atomic E-state index is 10.3. The normalized spacial score (nSPS) is 13.5. The van der Waals surface area contributed by atoms with Crippen molar-refractivity contribution in [1.29, 1.82) is 5.26 Å². The summed E-state index contributed by atoms with van der Waals surface area (Å²) in [6.07, 6.45) is 0. The van der Waals surface area contributed by atoms with Crippen LogP contribution in [0.25, 0.3) is 71.7 Å². The molecule has 0 saturated heterocycles. The zero-order chi connectivity index (χ0) is 28.9. The standard InChI is InChI=1S/C40H26N2O/c1-40(2)32-14-6-3-11-26(32)29-21-31-30-20-24(18-19-37(30)43-38(31)22-33(29)40)39-25(23-41)10-9-17-36(39)42-34-15-7-4-12-27(34)28-13-5-8-16-35(28)42/h3-22H,1-2H3. The van der Waals surface area contributed by atoms with Gasteiger partial charge in [-0.3, -0.25) is 0 Å². The largest absolute Gasteiger partial charge is 0.456 e. The first-order chi connectivity index (χ1) is 21.0. The first-order valence-electron chi connectivity index (χ1n) is 14.7. The van der Waals surface area contributed by atoms with E-state index in [1.165, 1.54) is 33.0 Å². The molecule has 0 amide bonds. The second-order valence-electron chi connectivity index (χ2n) is 12.1. The van der Waals surface area contributed by atoms with E-state index >= 15 is 0 Å². The van der Waals surface area contributed by atoms with Crippen LogP contribution in [-0.2, 0) is 5.41 Å². The van der Waals surface area contributed by atoms with Gasteiger partial charge in [0.05, 0.1) is 28.4 Å². The van der Waals surface area contributed by atoms with E-state index in [4.69, 9.17) is 4.42 Å². The number of furan rings is 1. The Bertz CT molecular complexity index is 2450. The van der Waals surface area contributed by atoms with Crippen molar-refractivity contribution in [2.45, 2.75) is 19.3 Å². The maximum Gasteiger partial charge on any atom is 0.135 e. The van der Waals surface area contributed by atoms with Gasteiger partial charge in [-0.05, 0) is 76.3 Å².